The lowest BCUT2D eigenvalue weighted by Crippen LogP contribution is -2.27. The molecule has 7 heteroatoms. The molecule has 0 atom stereocenters. The van der Waals surface area contributed by atoms with E-state index in [0.29, 0.717) is 24.5 Å². The predicted molar refractivity (Wildman–Crippen MR) is 91.0 cm³/mol. The number of halogens is 1. The van der Waals surface area contributed by atoms with Gasteiger partial charge in [0.25, 0.3) is 5.91 Å². The first kappa shape index (κ1) is 18.1. The number of hydrogen-bond donors (Lipinski definition) is 1. The molecular formula is C17H18BrNO5. The van der Waals surface area contributed by atoms with E-state index in [2.05, 4.69) is 15.9 Å². The molecule has 0 fully saturated rings. The molecule has 0 spiro atoms. The third-order valence-corrected chi connectivity index (χ3v) is 3.77. The summed E-state index contributed by atoms with van der Waals surface area (Å²) in [4.78, 5) is 24.1. The molecule has 0 unspecified atom stereocenters. The Bertz CT molecular complexity index is 713. The van der Waals surface area contributed by atoms with Crippen molar-refractivity contribution in [1.29, 1.82) is 0 Å². The SMILES string of the molecule is CN(CCCC(=O)O)C(=O)c1ccc(COc2cccc(Br)c2)o1. The van der Waals surface area contributed by atoms with Gasteiger partial charge in [-0.2, -0.15) is 0 Å². The van der Waals surface area contributed by atoms with Crippen molar-refractivity contribution >= 4 is 27.8 Å². The van der Waals surface area contributed by atoms with E-state index in [1.54, 1.807) is 19.2 Å². The van der Waals surface area contributed by atoms with Crippen LogP contribution in [0.1, 0.15) is 29.2 Å². The molecule has 0 aliphatic heterocycles. The fraction of sp³-hybridized carbons (Fsp3) is 0.294. The fourth-order valence-corrected chi connectivity index (χ4v) is 2.42. The Morgan fingerprint density at radius 3 is 2.79 bits per heavy atom. The molecule has 6 nitrogen and oxygen atoms in total. The van der Waals surface area contributed by atoms with Crippen molar-refractivity contribution in [2.75, 3.05) is 13.6 Å². The summed E-state index contributed by atoms with van der Waals surface area (Å²) >= 11 is 3.37. The highest BCUT2D eigenvalue weighted by Gasteiger charge is 2.16. The summed E-state index contributed by atoms with van der Waals surface area (Å²) in [6, 6.07) is 10.7. The van der Waals surface area contributed by atoms with Gasteiger partial charge in [0.2, 0.25) is 0 Å². The smallest absolute Gasteiger partial charge is 0.303 e. The van der Waals surface area contributed by atoms with Crippen LogP contribution < -0.4 is 4.74 Å². The number of rotatable bonds is 8. The van der Waals surface area contributed by atoms with E-state index in [1.165, 1.54) is 4.90 Å². The number of furan rings is 1. The van der Waals surface area contributed by atoms with Crippen LogP contribution in [0.5, 0.6) is 5.75 Å². The van der Waals surface area contributed by atoms with Gasteiger partial charge in [0, 0.05) is 24.5 Å². The highest BCUT2D eigenvalue weighted by Crippen LogP contribution is 2.19. The molecule has 1 amide bonds. The molecule has 0 saturated carbocycles. The van der Waals surface area contributed by atoms with E-state index in [-0.39, 0.29) is 24.7 Å². The van der Waals surface area contributed by atoms with Crippen LogP contribution in [0.25, 0.3) is 0 Å². The van der Waals surface area contributed by atoms with Crippen LogP contribution in [-0.4, -0.2) is 35.5 Å². The van der Waals surface area contributed by atoms with Crippen LogP contribution in [0, 0.1) is 0 Å². The van der Waals surface area contributed by atoms with Crippen LogP contribution in [0.3, 0.4) is 0 Å². The number of hydrogen-bond acceptors (Lipinski definition) is 4. The Morgan fingerprint density at radius 1 is 1.29 bits per heavy atom. The molecular weight excluding hydrogens is 378 g/mol. The Labute approximate surface area is 148 Å². The van der Waals surface area contributed by atoms with Crippen molar-refractivity contribution in [3.05, 3.63) is 52.4 Å². The van der Waals surface area contributed by atoms with Gasteiger partial charge in [0.15, 0.2) is 5.76 Å². The van der Waals surface area contributed by atoms with Gasteiger partial charge in [-0.25, -0.2) is 0 Å². The van der Waals surface area contributed by atoms with Gasteiger partial charge < -0.3 is 19.2 Å². The van der Waals surface area contributed by atoms with Crippen molar-refractivity contribution in [1.82, 2.24) is 4.90 Å². The Kier molecular flexibility index (Phi) is 6.43. The minimum atomic E-state index is -0.874. The molecule has 1 heterocycles. The van der Waals surface area contributed by atoms with Crippen LogP contribution >= 0.6 is 15.9 Å². The molecule has 24 heavy (non-hydrogen) atoms. The monoisotopic (exact) mass is 395 g/mol. The van der Waals surface area contributed by atoms with E-state index < -0.39 is 5.97 Å². The fourth-order valence-electron chi connectivity index (χ4n) is 2.04. The van der Waals surface area contributed by atoms with Crippen molar-refractivity contribution in [2.24, 2.45) is 0 Å². The lowest BCUT2D eigenvalue weighted by molar-refractivity contribution is -0.137. The number of ether oxygens (including phenoxy) is 1. The molecule has 0 aliphatic rings. The number of amides is 1. The number of nitrogens with zero attached hydrogens (tertiary/aromatic N) is 1. The summed E-state index contributed by atoms with van der Waals surface area (Å²) in [5.74, 6) is 0.285. The minimum absolute atomic E-state index is 0.0293. The second-order valence-corrected chi connectivity index (χ2v) is 6.15. The maximum atomic E-state index is 12.2. The molecule has 1 aromatic heterocycles. The number of carboxylic acid groups (broad SMARTS) is 1. The van der Waals surface area contributed by atoms with Crippen LogP contribution in [0.15, 0.2) is 45.3 Å². The van der Waals surface area contributed by atoms with Crippen molar-refractivity contribution < 1.29 is 23.8 Å². The zero-order chi connectivity index (χ0) is 17.5. The summed E-state index contributed by atoms with van der Waals surface area (Å²) in [5, 5.41) is 8.62. The number of carboxylic acids is 1. The molecule has 0 saturated heterocycles. The Balaban J connectivity index is 1.87. The number of carbonyl (C=O) groups excluding carboxylic acids is 1. The van der Waals surface area contributed by atoms with E-state index in [4.69, 9.17) is 14.3 Å². The van der Waals surface area contributed by atoms with Crippen LogP contribution in [0.2, 0.25) is 0 Å². The average Bonchev–Trinajstić information content (AvgIpc) is 3.00. The van der Waals surface area contributed by atoms with Gasteiger partial charge in [-0.1, -0.05) is 22.0 Å². The molecule has 0 radical (unpaired) electrons. The minimum Gasteiger partial charge on any atom is -0.486 e. The van der Waals surface area contributed by atoms with Gasteiger partial charge in [-0.05, 0) is 36.8 Å². The molecule has 1 aromatic carbocycles. The molecule has 0 bridgehead atoms. The van der Waals surface area contributed by atoms with Crippen LogP contribution in [-0.2, 0) is 11.4 Å². The second kappa shape index (κ2) is 8.54. The highest BCUT2D eigenvalue weighted by molar-refractivity contribution is 9.10. The van der Waals surface area contributed by atoms with Gasteiger partial charge >= 0.3 is 5.97 Å². The van der Waals surface area contributed by atoms with E-state index >= 15 is 0 Å². The zero-order valence-corrected chi connectivity index (χ0v) is 14.8. The zero-order valence-electron chi connectivity index (χ0n) is 13.2. The third-order valence-electron chi connectivity index (χ3n) is 3.28. The number of benzene rings is 1. The predicted octanol–water partition coefficient (Wildman–Crippen LogP) is 3.56. The van der Waals surface area contributed by atoms with Crippen molar-refractivity contribution in [2.45, 2.75) is 19.4 Å². The molecule has 128 valence electrons. The van der Waals surface area contributed by atoms with E-state index in [0.717, 1.165) is 4.47 Å². The highest BCUT2D eigenvalue weighted by atomic mass is 79.9. The van der Waals surface area contributed by atoms with Gasteiger partial charge in [0.1, 0.15) is 18.1 Å². The van der Waals surface area contributed by atoms with Gasteiger partial charge in [-0.3, -0.25) is 9.59 Å². The van der Waals surface area contributed by atoms with E-state index in [1.807, 2.05) is 24.3 Å². The first-order chi connectivity index (χ1) is 11.5. The molecule has 2 rings (SSSR count). The molecule has 2 aromatic rings. The van der Waals surface area contributed by atoms with Crippen molar-refractivity contribution in [3.8, 4) is 5.75 Å². The van der Waals surface area contributed by atoms with Gasteiger partial charge in [-0.15, -0.1) is 0 Å². The maximum Gasteiger partial charge on any atom is 0.303 e. The average molecular weight is 396 g/mol. The quantitative estimate of drug-likeness (QED) is 0.738. The lowest BCUT2D eigenvalue weighted by Gasteiger charge is -2.14. The topological polar surface area (TPSA) is 80.0 Å². The van der Waals surface area contributed by atoms with Crippen LogP contribution in [0.4, 0.5) is 0 Å². The third kappa shape index (κ3) is 5.42. The molecule has 0 aliphatic carbocycles. The second-order valence-electron chi connectivity index (χ2n) is 5.24. The standard InChI is InChI=1S/C17H18BrNO5/c1-19(9-3-6-16(20)21)17(22)15-8-7-14(24-15)11-23-13-5-2-4-12(18)10-13/h2,4-5,7-8,10H,3,6,9,11H2,1H3,(H,20,21). The first-order valence-corrected chi connectivity index (χ1v) is 8.19. The maximum absolute atomic E-state index is 12.2. The first-order valence-electron chi connectivity index (χ1n) is 7.40. The summed E-state index contributed by atoms with van der Waals surface area (Å²) in [7, 11) is 1.62. The van der Waals surface area contributed by atoms with Gasteiger partial charge in [0.05, 0.1) is 0 Å². The summed E-state index contributed by atoms with van der Waals surface area (Å²) in [5.41, 5.74) is 0. The molecule has 1 N–H and O–H groups in total. The lowest BCUT2D eigenvalue weighted by atomic mass is 10.3. The Hall–Kier alpha value is -2.28. The van der Waals surface area contributed by atoms with Crippen molar-refractivity contribution in [3.63, 3.8) is 0 Å². The Morgan fingerprint density at radius 2 is 2.08 bits per heavy atom. The number of aliphatic carboxylic acids is 1. The normalized spacial score (nSPS) is 10.4. The summed E-state index contributed by atoms with van der Waals surface area (Å²) in [6.07, 6.45) is 0.429. The van der Waals surface area contributed by atoms with E-state index in [9.17, 15) is 9.59 Å². The summed E-state index contributed by atoms with van der Waals surface area (Å²) in [6.45, 7) is 0.572. The number of carbonyl (C=O) groups is 2. The summed E-state index contributed by atoms with van der Waals surface area (Å²) < 4.78 is 12.0. The largest absolute Gasteiger partial charge is 0.486 e.